The van der Waals surface area contributed by atoms with E-state index in [9.17, 15) is 4.79 Å². The highest BCUT2D eigenvalue weighted by atomic mass is 79.9. The number of halogens is 1. The second-order valence-electron chi connectivity index (χ2n) is 2.67. The number of hydrogen-bond donors (Lipinski definition) is 0. The molecule has 0 fully saturated rings. The van der Waals surface area contributed by atoms with Crippen LogP contribution in [0.4, 0.5) is 0 Å². The molecule has 0 aliphatic rings. The summed E-state index contributed by atoms with van der Waals surface area (Å²) in [6, 6.07) is 0. The summed E-state index contributed by atoms with van der Waals surface area (Å²) in [6.45, 7) is 4.31. The molecule has 1 aromatic heterocycles. The topological polar surface area (TPSA) is 34.9 Å². The van der Waals surface area contributed by atoms with Crippen LogP contribution in [0.15, 0.2) is 34.4 Å². The summed E-state index contributed by atoms with van der Waals surface area (Å²) >= 11 is 3.14. The number of aromatic nitrogens is 2. The molecule has 13 heavy (non-hydrogen) atoms. The Morgan fingerprint density at radius 3 is 3.15 bits per heavy atom. The van der Waals surface area contributed by atoms with Gasteiger partial charge in [0.05, 0.1) is 6.33 Å². The zero-order valence-electron chi connectivity index (χ0n) is 7.24. The van der Waals surface area contributed by atoms with Crippen molar-refractivity contribution < 1.29 is 0 Å². The van der Waals surface area contributed by atoms with E-state index in [2.05, 4.69) is 27.5 Å². The van der Waals surface area contributed by atoms with E-state index in [1.165, 1.54) is 6.20 Å². The normalized spacial score (nSPS) is 9.92. The minimum absolute atomic E-state index is 0.0286. The van der Waals surface area contributed by atoms with Crippen molar-refractivity contribution in [3.05, 3.63) is 40.0 Å². The van der Waals surface area contributed by atoms with E-state index in [0.29, 0.717) is 11.0 Å². The lowest BCUT2D eigenvalue weighted by Gasteiger charge is -2.02. The van der Waals surface area contributed by atoms with Crippen LogP contribution in [0.3, 0.4) is 0 Å². The fourth-order valence-corrected chi connectivity index (χ4v) is 1.34. The predicted molar refractivity (Wildman–Crippen MR) is 55.6 cm³/mol. The highest BCUT2D eigenvalue weighted by molar-refractivity contribution is 9.10. The van der Waals surface area contributed by atoms with Gasteiger partial charge < -0.3 is 0 Å². The van der Waals surface area contributed by atoms with Crippen LogP contribution >= 0.6 is 15.9 Å². The molecule has 0 aromatic carbocycles. The van der Waals surface area contributed by atoms with E-state index in [4.69, 9.17) is 0 Å². The lowest BCUT2D eigenvalue weighted by molar-refractivity contribution is 0.615. The first-order valence-electron chi connectivity index (χ1n) is 4.06. The number of unbranched alkanes of at least 4 members (excludes halogenated alkanes) is 1. The van der Waals surface area contributed by atoms with Gasteiger partial charge in [0.25, 0.3) is 5.56 Å². The molecular formula is C9H11BrN2O. The first kappa shape index (κ1) is 10.2. The van der Waals surface area contributed by atoms with Crippen molar-refractivity contribution >= 4 is 15.9 Å². The molecule has 0 amide bonds. The fraction of sp³-hybridized carbons (Fsp3) is 0.333. The highest BCUT2D eigenvalue weighted by Gasteiger charge is 1.98. The molecule has 0 unspecified atom stereocenters. The Morgan fingerprint density at radius 2 is 2.46 bits per heavy atom. The average molecular weight is 243 g/mol. The standard InChI is InChI=1S/C9H11BrN2O/c1-2-3-4-5-12-7-11-6-8(10)9(12)13/h2,6-7H,1,3-5H2. The Bertz CT molecular complexity index is 346. The Hall–Kier alpha value is -0.900. The van der Waals surface area contributed by atoms with E-state index in [1.54, 1.807) is 10.9 Å². The van der Waals surface area contributed by atoms with Crippen LogP contribution in [0, 0.1) is 0 Å². The third kappa shape index (κ3) is 2.81. The molecule has 1 heterocycles. The zero-order chi connectivity index (χ0) is 9.68. The zero-order valence-corrected chi connectivity index (χ0v) is 8.83. The van der Waals surface area contributed by atoms with Crippen LogP contribution in [-0.4, -0.2) is 9.55 Å². The molecule has 0 aliphatic carbocycles. The average Bonchev–Trinajstić information content (AvgIpc) is 2.13. The molecule has 1 aromatic rings. The quantitative estimate of drug-likeness (QED) is 0.598. The Kier molecular flexibility index (Phi) is 3.89. The van der Waals surface area contributed by atoms with Gasteiger partial charge in [-0.2, -0.15) is 0 Å². The monoisotopic (exact) mass is 242 g/mol. The predicted octanol–water partition coefficient (Wildman–Crippen LogP) is 1.97. The summed E-state index contributed by atoms with van der Waals surface area (Å²) in [7, 11) is 0. The number of aryl methyl sites for hydroxylation is 1. The first-order valence-corrected chi connectivity index (χ1v) is 4.86. The SMILES string of the molecule is C=CCCCn1cncc(Br)c1=O. The van der Waals surface area contributed by atoms with E-state index < -0.39 is 0 Å². The summed E-state index contributed by atoms with van der Waals surface area (Å²) in [4.78, 5) is 15.3. The van der Waals surface area contributed by atoms with Crippen LogP contribution in [0.1, 0.15) is 12.8 Å². The summed E-state index contributed by atoms with van der Waals surface area (Å²) in [5.74, 6) is 0. The van der Waals surface area contributed by atoms with Crippen LogP contribution < -0.4 is 5.56 Å². The molecule has 0 saturated heterocycles. The Labute approximate surface area is 85.2 Å². The van der Waals surface area contributed by atoms with Crippen molar-refractivity contribution in [1.82, 2.24) is 9.55 Å². The maximum atomic E-state index is 11.4. The Morgan fingerprint density at radius 1 is 1.69 bits per heavy atom. The van der Waals surface area contributed by atoms with Gasteiger partial charge in [0.15, 0.2) is 0 Å². The maximum Gasteiger partial charge on any atom is 0.267 e. The second-order valence-corrected chi connectivity index (χ2v) is 3.53. The number of allylic oxidation sites excluding steroid dienone is 1. The van der Waals surface area contributed by atoms with Crippen molar-refractivity contribution in [1.29, 1.82) is 0 Å². The molecule has 0 spiro atoms. The molecular weight excluding hydrogens is 232 g/mol. The van der Waals surface area contributed by atoms with E-state index in [0.717, 1.165) is 12.8 Å². The molecule has 70 valence electrons. The molecule has 1 rings (SSSR count). The van der Waals surface area contributed by atoms with E-state index in [-0.39, 0.29) is 5.56 Å². The lowest BCUT2D eigenvalue weighted by Crippen LogP contribution is -2.20. The van der Waals surface area contributed by atoms with E-state index in [1.807, 2.05) is 6.08 Å². The summed E-state index contributed by atoms with van der Waals surface area (Å²) in [5.41, 5.74) is -0.0286. The van der Waals surface area contributed by atoms with Gasteiger partial charge in [-0.05, 0) is 28.8 Å². The van der Waals surface area contributed by atoms with Gasteiger partial charge in [-0.15, -0.1) is 6.58 Å². The first-order chi connectivity index (χ1) is 6.25. The fourth-order valence-electron chi connectivity index (χ4n) is 0.989. The van der Waals surface area contributed by atoms with Gasteiger partial charge in [0.1, 0.15) is 4.47 Å². The van der Waals surface area contributed by atoms with Crippen molar-refractivity contribution in [2.45, 2.75) is 19.4 Å². The van der Waals surface area contributed by atoms with Gasteiger partial charge in [0.2, 0.25) is 0 Å². The lowest BCUT2D eigenvalue weighted by atomic mass is 10.3. The minimum atomic E-state index is -0.0286. The third-order valence-corrected chi connectivity index (χ3v) is 2.21. The van der Waals surface area contributed by atoms with Crippen molar-refractivity contribution in [3.8, 4) is 0 Å². The van der Waals surface area contributed by atoms with Gasteiger partial charge >= 0.3 is 0 Å². The molecule has 0 saturated carbocycles. The number of hydrogen-bond acceptors (Lipinski definition) is 2. The van der Waals surface area contributed by atoms with Crippen LogP contribution in [0.5, 0.6) is 0 Å². The highest BCUT2D eigenvalue weighted by Crippen LogP contribution is 1.99. The van der Waals surface area contributed by atoms with Crippen molar-refractivity contribution in [3.63, 3.8) is 0 Å². The van der Waals surface area contributed by atoms with Gasteiger partial charge in [-0.25, -0.2) is 4.98 Å². The minimum Gasteiger partial charge on any atom is -0.298 e. The molecule has 4 heteroatoms. The Balaban J connectivity index is 2.72. The van der Waals surface area contributed by atoms with Crippen LogP contribution in [-0.2, 0) is 6.54 Å². The summed E-state index contributed by atoms with van der Waals surface area (Å²) in [5, 5.41) is 0. The van der Waals surface area contributed by atoms with E-state index >= 15 is 0 Å². The summed E-state index contributed by atoms with van der Waals surface area (Å²) in [6.07, 6.45) is 6.74. The van der Waals surface area contributed by atoms with Crippen LogP contribution in [0.25, 0.3) is 0 Å². The van der Waals surface area contributed by atoms with Gasteiger partial charge in [-0.1, -0.05) is 6.08 Å². The molecule has 0 aliphatic heterocycles. The molecule has 0 bridgehead atoms. The molecule has 3 nitrogen and oxygen atoms in total. The number of rotatable bonds is 4. The molecule has 0 radical (unpaired) electrons. The van der Waals surface area contributed by atoms with Gasteiger partial charge in [-0.3, -0.25) is 9.36 Å². The van der Waals surface area contributed by atoms with Crippen molar-refractivity contribution in [2.24, 2.45) is 0 Å². The largest absolute Gasteiger partial charge is 0.298 e. The third-order valence-electron chi connectivity index (χ3n) is 1.67. The van der Waals surface area contributed by atoms with Crippen molar-refractivity contribution in [2.75, 3.05) is 0 Å². The molecule has 0 atom stereocenters. The second kappa shape index (κ2) is 4.97. The smallest absolute Gasteiger partial charge is 0.267 e. The van der Waals surface area contributed by atoms with Gasteiger partial charge in [0, 0.05) is 12.7 Å². The summed E-state index contributed by atoms with van der Waals surface area (Å²) < 4.78 is 2.10. The van der Waals surface area contributed by atoms with Crippen LogP contribution in [0.2, 0.25) is 0 Å². The maximum absolute atomic E-state index is 11.4. The number of nitrogens with zero attached hydrogens (tertiary/aromatic N) is 2. The molecule has 0 N–H and O–H groups in total.